The van der Waals surface area contributed by atoms with E-state index in [0.29, 0.717) is 0 Å². The zero-order valence-corrected chi connectivity index (χ0v) is 7.49. The molecule has 0 saturated heterocycles. The van der Waals surface area contributed by atoms with Crippen LogP contribution in [0.5, 0.6) is 0 Å². The molecule has 0 aromatic carbocycles. The predicted octanol–water partition coefficient (Wildman–Crippen LogP) is 0.0788. The summed E-state index contributed by atoms with van der Waals surface area (Å²) < 4.78 is 8.70. The minimum atomic E-state index is -0.926. The van der Waals surface area contributed by atoms with Crippen LogP contribution < -0.4 is 5.73 Å². The topological polar surface area (TPSA) is 78.6 Å². The largest absolute Gasteiger partial charge is 0.490 e. The van der Waals surface area contributed by atoms with Crippen molar-refractivity contribution in [3.8, 4) is 0 Å². The van der Waals surface area contributed by atoms with Crippen LogP contribution in [0.25, 0.3) is 0 Å². The van der Waals surface area contributed by atoms with Gasteiger partial charge in [0.2, 0.25) is 0 Å². The number of nitrogens with two attached hydrogens (primary N) is 1. The van der Waals surface area contributed by atoms with Crippen LogP contribution in [0.4, 0.5) is 0 Å². The molecule has 0 heterocycles. The number of methoxy groups -OCH3 is 1. The highest BCUT2D eigenvalue weighted by Gasteiger charge is 2.12. The van der Waals surface area contributed by atoms with E-state index in [9.17, 15) is 9.59 Å². The second kappa shape index (κ2) is 4.97. The Bertz CT molecular complexity index is 263. The molecule has 0 aliphatic heterocycles. The average Bonchev–Trinajstić information content (AvgIpc) is 2.01. The van der Waals surface area contributed by atoms with Crippen LogP contribution in [0.15, 0.2) is 24.1 Å². The minimum Gasteiger partial charge on any atom is -0.490 e. The van der Waals surface area contributed by atoms with Crippen molar-refractivity contribution >= 4 is 11.9 Å². The van der Waals surface area contributed by atoms with E-state index in [0.717, 1.165) is 6.08 Å². The standard InChI is InChI=1S/C8H11NO4/c1-5(9)4-7(10)13-8(11)6(2)12-3/h4H,2,9H2,1,3H3. The van der Waals surface area contributed by atoms with E-state index in [1.807, 2.05) is 0 Å². The fourth-order valence-corrected chi connectivity index (χ4v) is 0.447. The second-order valence-corrected chi connectivity index (χ2v) is 2.22. The van der Waals surface area contributed by atoms with E-state index < -0.39 is 11.9 Å². The molecule has 0 bridgehead atoms. The van der Waals surface area contributed by atoms with Crippen LogP contribution in [-0.4, -0.2) is 19.0 Å². The van der Waals surface area contributed by atoms with Crippen molar-refractivity contribution in [3.63, 3.8) is 0 Å². The number of allylic oxidation sites excluding steroid dienone is 1. The van der Waals surface area contributed by atoms with Crippen molar-refractivity contribution in [2.75, 3.05) is 7.11 Å². The third kappa shape index (κ3) is 4.62. The highest BCUT2D eigenvalue weighted by atomic mass is 16.6. The smallest absolute Gasteiger partial charge is 0.380 e. The maximum atomic E-state index is 10.8. The molecule has 2 N–H and O–H groups in total. The van der Waals surface area contributed by atoms with Crippen LogP contribution in [0.1, 0.15) is 6.92 Å². The Morgan fingerprint density at radius 1 is 1.46 bits per heavy atom. The SMILES string of the molecule is C=C(OC)C(=O)OC(=O)C=C(C)N. The number of hydrogen-bond donors (Lipinski definition) is 1. The Labute approximate surface area is 75.8 Å². The molecule has 0 unspecified atom stereocenters. The van der Waals surface area contributed by atoms with Crippen LogP contribution in [0, 0.1) is 0 Å². The number of rotatable bonds is 3. The summed E-state index contributed by atoms with van der Waals surface area (Å²) >= 11 is 0. The molecule has 0 aliphatic rings. The molecule has 0 rings (SSSR count). The van der Waals surface area contributed by atoms with Crippen molar-refractivity contribution in [2.24, 2.45) is 5.73 Å². The maximum Gasteiger partial charge on any atom is 0.380 e. The molecule has 0 fully saturated rings. The van der Waals surface area contributed by atoms with Gasteiger partial charge >= 0.3 is 11.9 Å². The maximum absolute atomic E-state index is 10.8. The molecule has 0 aliphatic carbocycles. The first-order valence-electron chi connectivity index (χ1n) is 3.40. The first-order valence-corrected chi connectivity index (χ1v) is 3.40. The molecule has 0 aromatic heterocycles. The van der Waals surface area contributed by atoms with Crippen LogP contribution in [-0.2, 0) is 19.1 Å². The minimum absolute atomic E-state index is 0.239. The summed E-state index contributed by atoms with van der Waals surface area (Å²) in [6, 6.07) is 0. The zero-order valence-electron chi connectivity index (χ0n) is 7.49. The number of carbonyl (C=O) groups is 2. The van der Waals surface area contributed by atoms with E-state index in [1.54, 1.807) is 0 Å². The summed E-state index contributed by atoms with van der Waals surface area (Å²) in [5.41, 5.74) is 5.42. The predicted molar refractivity (Wildman–Crippen MR) is 45.2 cm³/mol. The van der Waals surface area contributed by atoms with Crippen LogP contribution in [0.2, 0.25) is 0 Å². The summed E-state index contributed by atoms with van der Waals surface area (Å²) in [5, 5.41) is 0. The lowest BCUT2D eigenvalue weighted by atomic mass is 10.4. The lowest BCUT2D eigenvalue weighted by Gasteiger charge is -2.01. The number of esters is 2. The zero-order chi connectivity index (χ0) is 10.4. The first kappa shape index (κ1) is 11.2. The molecule has 0 atom stereocenters. The summed E-state index contributed by atoms with van der Waals surface area (Å²) in [6.45, 7) is 4.70. The molecule has 0 spiro atoms. The molecule has 5 nitrogen and oxygen atoms in total. The van der Waals surface area contributed by atoms with Gasteiger partial charge in [0.15, 0.2) is 5.76 Å². The van der Waals surface area contributed by atoms with Crippen LogP contribution in [0.3, 0.4) is 0 Å². The quantitative estimate of drug-likeness (QED) is 0.291. The molecule has 0 radical (unpaired) electrons. The van der Waals surface area contributed by atoms with Crippen molar-refractivity contribution in [1.29, 1.82) is 0 Å². The van der Waals surface area contributed by atoms with E-state index in [-0.39, 0.29) is 11.5 Å². The van der Waals surface area contributed by atoms with Gasteiger partial charge in [0.1, 0.15) is 0 Å². The van der Waals surface area contributed by atoms with Crippen molar-refractivity contribution < 1.29 is 19.1 Å². The van der Waals surface area contributed by atoms with Gasteiger partial charge in [-0.2, -0.15) is 0 Å². The van der Waals surface area contributed by atoms with Crippen molar-refractivity contribution in [1.82, 2.24) is 0 Å². The third-order valence-electron chi connectivity index (χ3n) is 1.01. The van der Waals surface area contributed by atoms with Gasteiger partial charge in [0.25, 0.3) is 0 Å². The van der Waals surface area contributed by atoms with Crippen molar-refractivity contribution in [3.05, 3.63) is 24.1 Å². The van der Waals surface area contributed by atoms with Crippen LogP contribution >= 0.6 is 0 Å². The Hall–Kier alpha value is -1.78. The first-order chi connectivity index (χ1) is 5.97. The number of ether oxygens (including phenoxy) is 2. The third-order valence-corrected chi connectivity index (χ3v) is 1.01. The van der Waals surface area contributed by atoms with E-state index >= 15 is 0 Å². The van der Waals surface area contributed by atoms with E-state index in [2.05, 4.69) is 16.1 Å². The fourth-order valence-electron chi connectivity index (χ4n) is 0.447. The Morgan fingerprint density at radius 2 is 2.00 bits per heavy atom. The van der Waals surface area contributed by atoms with Gasteiger partial charge in [-0.15, -0.1) is 0 Å². The van der Waals surface area contributed by atoms with Gasteiger partial charge in [0, 0.05) is 11.8 Å². The van der Waals surface area contributed by atoms with Crippen molar-refractivity contribution in [2.45, 2.75) is 6.92 Å². The molecule has 0 saturated carbocycles. The van der Waals surface area contributed by atoms with E-state index in [4.69, 9.17) is 5.73 Å². The second-order valence-electron chi connectivity index (χ2n) is 2.22. The Balaban J connectivity index is 4.15. The number of carbonyl (C=O) groups excluding carboxylic acids is 2. The van der Waals surface area contributed by atoms with Gasteiger partial charge in [-0.05, 0) is 13.5 Å². The summed E-state index contributed by atoms with van der Waals surface area (Å²) in [7, 11) is 1.25. The van der Waals surface area contributed by atoms with Gasteiger partial charge in [0.05, 0.1) is 7.11 Å². The van der Waals surface area contributed by atoms with Gasteiger partial charge in [-0.1, -0.05) is 0 Å². The van der Waals surface area contributed by atoms with Gasteiger partial charge in [-0.3, -0.25) is 0 Å². The molecule has 13 heavy (non-hydrogen) atoms. The number of hydrogen-bond acceptors (Lipinski definition) is 5. The van der Waals surface area contributed by atoms with Gasteiger partial charge < -0.3 is 15.2 Å². The lowest BCUT2D eigenvalue weighted by molar-refractivity contribution is -0.155. The molecular formula is C8H11NO4. The summed E-state index contributed by atoms with van der Waals surface area (Å²) in [5.74, 6) is -2.01. The normalized spacial score (nSPS) is 10.5. The molecule has 0 aromatic rings. The molecule has 5 heteroatoms. The molecule has 72 valence electrons. The average molecular weight is 185 g/mol. The highest BCUT2D eigenvalue weighted by Crippen LogP contribution is 1.96. The fraction of sp³-hybridized carbons (Fsp3) is 0.250. The van der Waals surface area contributed by atoms with Gasteiger partial charge in [-0.25, -0.2) is 9.59 Å². The summed E-state index contributed by atoms with van der Waals surface area (Å²) in [4.78, 5) is 21.6. The molecule has 0 amide bonds. The molecular weight excluding hydrogens is 174 g/mol. The Morgan fingerprint density at radius 3 is 2.38 bits per heavy atom. The van der Waals surface area contributed by atoms with E-state index in [1.165, 1.54) is 14.0 Å². The lowest BCUT2D eigenvalue weighted by Crippen LogP contribution is -2.13. The highest BCUT2D eigenvalue weighted by molar-refractivity contribution is 5.98. The monoisotopic (exact) mass is 185 g/mol. The summed E-state index contributed by atoms with van der Waals surface area (Å²) in [6.07, 6.45) is 0.987. The Kier molecular flexibility index (Phi) is 4.29.